The third-order valence-electron chi connectivity index (χ3n) is 7.86. The second-order valence-electron chi connectivity index (χ2n) is 10.5. The van der Waals surface area contributed by atoms with Crippen LogP contribution in [0, 0.1) is 13.8 Å². The lowest BCUT2D eigenvalue weighted by Gasteiger charge is -2.18. The number of carboxylic acid groups (broad SMARTS) is 1. The maximum atomic E-state index is 11.2. The number of nitrogens with zero attached hydrogens (tertiary/aromatic N) is 2. The Kier molecular flexibility index (Phi) is 6.51. The normalized spacial score (nSPS) is 17.4. The fourth-order valence-corrected chi connectivity index (χ4v) is 5.98. The number of hydrogen-bond acceptors (Lipinski definition) is 5. The standard InChI is InChI=1S/C32H32N2O5/c1-19-13-24(37-18-22-11-12-33-34(22)3)14-20(2)32(19)28-6-4-5-27-26(28)9-10-29(27)39-23-7-8-25-21(15-31(35)36)17-38-30(25)16-23/h4-8,11-14,16,21,29H,9-10,15,17-18H2,1-3H3,(H,35,36)/t21-,29-/m1/s1. The quantitative estimate of drug-likeness (QED) is 0.291. The highest BCUT2D eigenvalue weighted by Gasteiger charge is 2.30. The molecule has 6 rings (SSSR count). The Hall–Kier alpha value is -4.26. The van der Waals surface area contributed by atoms with Gasteiger partial charge in [0, 0.05) is 30.8 Å². The summed E-state index contributed by atoms with van der Waals surface area (Å²) in [7, 11) is 1.92. The minimum Gasteiger partial charge on any atom is -0.492 e. The Morgan fingerprint density at radius 1 is 1.08 bits per heavy atom. The first kappa shape index (κ1) is 25.0. The van der Waals surface area contributed by atoms with E-state index in [2.05, 4.69) is 49.3 Å². The molecule has 0 saturated heterocycles. The van der Waals surface area contributed by atoms with Gasteiger partial charge >= 0.3 is 5.97 Å². The maximum Gasteiger partial charge on any atom is 0.304 e. The number of hydrogen-bond donors (Lipinski definition) is 1. The van der Waals surface area contributed by atoms with Crippen LogP contribution in [0.2, 0.25) is 0 Å². The molecule has 39 heavy (non-hydrogen) atoms. The molecule has 0 radical (unpaired) electrons. The second kappa shape index (κ2) is 10.1. The van der Waals surface area contributed by atoms with Crippen LogP contribution >= 0.6 is 0 Å². The van der Waals surface area contributed by atoms with Crippen LogP contribution < -0.4 is 14.2 Å². The van der Waals surface area contributed by atoms with Crippen molar-refractivity contribution in [3.8, 4) is 28.4 Å². The number of carboxylic acids is 1. The molecule has 3 aromatic carbocycles. The molecule has 0 unspecified atom stereocenters. The largest absolute Gasteiger partial charge is 0.492 e. The molecule has 0 saturated carbocycles. The van der Waals surface area contributed by atoms with E-state index in [4.69, 9.17) is 19.3 Å². The molecular formula is C32H32N2O5. The molecular weight excluding hydrogens is 492 g/mol. The fraction of sp³-hybridized carbons (Fsp3) is 0.312. The average molecular weight is 525 g/mol. The summed E-state index contributed by atoms with van der Waals surface area (Å²) < 4.78 is 20.2. The Morgan fingerprint density at radius 3 is 2.64 bits per heavy atom. The van der Waals surface area contributed by atoms with Crippen molar-refractivity contribution in [1.82, 2.24) is 9.78 Å². The minimum absolute atomic E-state index is 0.0451. The number of aliphatic carboxylic acids is 1. The summed E-state index contributed by atoms with van der Waals surface area (Å²) in [6, 6.07) is 18.5. The van der Waals surface area contributed by atoms with E-state index in [1.54, 1.807) is 6.20 Å². The van der Waals surface area contributed by atoms with Gasteiger partial charge in [0.25, 0.3) is 0 Å². The van der Waals surface area contributed by atoms with Crippen LogP contribution in [0.4, 0.5) is 0 Å². The SMILES string of the molecule is Cc1cc(OCc2ccnn2C)cc(C)c1-c1cccc2c1CC[C@H]2Oc1ccc2c(c1)OC[C@H]2CC(=O)O. The topological polar surface area (TPSA) is 82.8 Å². The van der Waals surface area contributed by atoms with E-state index in [9.17, 15) is 4.79 Å². The molecule has 0 fully saturated rings. The molecule has 1 aliphatic heterocycles. The summed E-state index contributed by atoms with van der Waals surface area (Å²) in [5.74, 6) is 1.40. The molecule has 2 atom stereocenters. The number of benzene rings is 3. The average Bonchev–Trinajstić information content (AvgIpc) is 3.61. The van der Waals surface area contributed by atoms with Gasteiger partial charge in [-0.2, -0.15) is 5.10 Å². The van der Waals surface area contributed by atoms with Gasteiger partial charge in [-0.25, -0.2) is 0 Å². The van der Waals surface area contributed by atoms with Crippen LogP contribution in [0.3, 0.4) is 0 Å². The molecule has 1 N–H and O–H groups in total. The molecule has 1 aliphatic carbocycles. The van der Waals surface area contributed by atoms with Gasteiger partial charge in [-0.15, -0.1) is 0 Å². The number of ether oxygens (including phenoxy) is 3. The van der Waals surface area contributed by atoms with E-state index >= 15 is 0 Å². The van der Waals surface area contributed by atoms with Crippen LogP contribution in [0.15, 0.2) is 60.8 Å². The van der Waals surface area contributed by atoms with E-state index in [0.29, 0.717) is 13.2 Å². The summed E-state index contributed by atoms with van der Waals surface area (Å²) in [5, 5.41) is 13.4. The number of aryl methyl sites for hydroxylation is 3. The first-order valence-corrected chi connectivity index (χ1v) is 13.4. The first-order valence-electron chi connectivity index (χ1n) is 13.4. The molecule has 7 heteroatoms. The van der Waals surface area contributed by atoms with Gasteiger partial charge in [-0.05, 0) is 84.3 Å². The van der Waals surface area contributed by atoms with Crippen molar-refractivity contribution in [3.63, 3.8) is 0 Å². The van der Waals surface area contributed by atoms with Crippen molar-refractivity contribution in [2.45, 2.75) is 51.7 Å². The van der Waals surface area contributed by atoms with E-state index in [-0.39, 0.29) is 18.4 Å². The van der Waals surface area contributed by atoms with Gasteiger partial charge in [-0.1, -0.05) is 24.3 Å². The van der Waals surface area contributed by atoms with E-state index in [0.717, 1.165) is 41.3 Å². The molecule has 0 bridgehead atoms. The smallest absolute Gasteiger partial charge is 0.304 e. The lowest BCUT2D eigenvalue weighted by Crippen LogP contribution is -2.07. The first-order chi connectivity index (χ1) is 18.9. The van der Waals surface area contributed by atoms with Crippen molar-refractivity contribution in [2.75, 3.05) is 6.61 Å². The van der Waals surface area contributed by atoms with Gasteiger partial charge in [0.2, 0.25) is 0 Å². The van der Waals surface area contributed by atoms with Crippen LogP contribution in [0.25, 0.3) is 11.1 Å². The Morgan fingerprint density at radius 2 is 1.90 bits per heavy atom. The molecule has 2 heterocycles. The summed E-state index contributed by atoms with van der Waals surface area (Å²) in [6.07, 6.45) is 3.64. The zero-order valence-electron chi connectivity index (χ0n) is 22.4. The summed E-state index contributed by atoms with van der Waals surface area (Å²) in [5.41, 5.74) is 9.37. The van der Waals surface area contributed by atoms with Crippen LogP contribution in [-0.4, -0.2) is 27.5 Å². The monoisotopic (exact) mass is 524 g/mol. The maximum absolute atomic E-state index is 11.2. The van der Waals surface area contributed by atoms with Gasteiger partial charge in [0.15, 0.2) is 0 Å². The number of rotatable bonds is 8. The Bertz CT molecular complexity index is 1530. The van der Waals surface area contributed by atoms with Crippen molar-refractivity contribution in [2.24, 2.45) is 7.05 Å². The van der Waals surface area contributed by atoms with Gasteiger partial charge in [-0.3, -0.25) is 9.48 Å². The van der Waals surface area contributed by atoms with Crippen LogP contribution in [-0.2, 0) is 24.9 Å². The van der Waals surface area contributed by atoms with Crippen molar-refractivity contribution in [1.29, 1.82) is 0 Å². The van der Waals surface area contributed by atoms with Gasteiger partial charge < -0.3 is 19.3 Å². The highest BCUT2D eigenvalue weighted by atomic mass is 16.5. The molecule has 200 valence electrons. The third-order valence-corrected chi connectivity index (χ3v) is 7.86. The predicted octanol–water partition coefficient (Wildman–Crippen LogP) is 6.30. The highest BCUT2D eigenvalue weighted by Crippen LogP contribution is 2.44. The van der Waals surface area contributed by atoms with Crippen LogP contribution in [0.1, 0.15) is 58.4 Å². The second-order valence-corrected chi connectivity index (χ2v) is 10.5. The Balaban J connectivity index is 1.22. The summed E-state index contributed by atoms with van der Waals surface area (Å²) in [6.45, 7) is 5.16. The molecule has 2 aliphatic rings. The van der Waals surface area contributed by atoms with Crippen LogP contribution in [0.5, 0.6) is 17.2 Å². The number of aromatic nitrogens is 2. The Labute approximate surface area is 228 Å². The van der Waals surface area contributed by atoms with E-state index in [1.807, 2.05) is 36.0 Å². The zero-order chi connectivity index (χ0) is 27.1. The van der Waals surface area contributed by atoms with E-state index < -0.39 is 5.97 Å². The lowest BCUT2D eigenvalue weighted by atomic mass is 9.90. The zero-order valence-corrected chi connectivity index (χ0v) is 22.4. The van der Waals surface area contributed by atoms with E-state index in [1.165, 1.54) is 33.4 Å². The predicted molar refractivity (Wildman–Crippen MR) is 148 cm³/mol. The van der Waals surface area contributed by atoms with Crippen molar-refractivity contribution >= 4 is 5.97 Å². The molecule has 4 aromatic rings. The molecule has 0 spiro atoms. The number of fused-ring (bicyclic) bond motifs is 2. The minimum atomic E-state index is -0.813. The van der Waals surface area contributed by atoms with Crippen molar-refractivity contribution in [3.05, 3.63) is 94.3 Å². The van der Waals surface area contributed by atoms with Gasteiger partial charge in [0.05, 0.1) is 18.7 Å². The third kappa shape index (κ3) is 4.85. The fourth-order valence-electron chi connectivity index (χ4n) is 5.98. The molecule has 7 nitrogen and oxygen atoms in total. The highest BCUT2D eigenvalue weighted by molar-refractivity contribution is 5.76. The number of carbonyl (C=O) groups is 1. The van der Waals surface area contributed by atoms with Crippen molar-refractivity contribution < 1.29 is 24.1 Å². The molecule has 0 amide bonds. The van der Waals surface area contributed by atoms with Gasteiger partial charge in [0.1, 0.15) is 30.0 Å². The lowest BCUT2D eigenvalue weighted by molar-refractivity contribution is -0.137. The summed E-state index contributed by atoms with van der Waals surface area (Å²) in [4.78, 5) is 11.2. The summed E-state index contributed by atoms with van der Waals surface area (Å²) >= 11 is 0. The molecule has 1 aromatic heterocycles.